The molecule has 20 heavy (non-hydrogen) atoms. The fraction of sp³-hybridized carbons (Fsp3) is 0.353. The van der Waals surface area contributed by atoms with Crippen LogP contribution in [0, 0.1) is 6.92 Å². The van der Waals surface area contributed by atoms with Crippen LogP contribution in [-0.4, -0.2) is 12.1 Å². The topological polar surface area (TPSA) is 34.1 Å². The summed E-state index contributed by atoms with van der Waals surface area (Å²) in [5, 5.41) is 3.64. The van der Waals surface area contributed by atoms with Gasteiger partial charge in [-0.1, -0.05) is 6.07 Å². The lowest BCUT2D eigenvalue weighted by Gasteiger charge is -2.28. The number of hydrogen-bond acceptors (Lipinski definition) is 3. The molecule has 0 aliphatic heterocycles. The summed E-state index contributed by atoms with van der Waals surface area (Å²) in [6, 6.07) is 8.82. The molecule has 3 nitrogen and oxygen atoms in total. The SMILES string of the molecule is COc1ccc2c(c1)CCCC2Nc1cnccc1C. The van der Waals surface area contributed by atoms with Crippen LogP contribution < -0.4 is 10.1 Å². The molecule has 1 aliphatic rings. The Labute approximate surface area is 120 Å². The number of ether oxygens (including phenoxy) is 1. The number of pyridine rings is 1. The molecule has 3 rings (SSSR count). The molecule has 0 saturated heterocycles. The van der Waals surface area contributed by atoms with Crippen molar-refractivity contribution in [2.75, 3.05) is 12.4 Å². The lowest BCUT2D eigenvalue weighted by atomic mass is 9.87. The van der Waals surface area contributed by atoms with Crippen LogP contribution in [0.4, 0.5) is 5.69 Å². The molecule has 1 aromatic carbocycles. The summed E-state index contributed by atoms with van der Waals surface area (Å²) in [6.07, 6.45) is 7.24. The minimum absolute atomic E-state index is 0.368. The third-order valence-electron chi connectivity index (χ3n) is 4.03. The molecule has 2 aromatic rings. The molecule has 0 saturated carbocycles. The number of fused-ring (bicyclic) bond motifs is 1. The molecule has 0 fully saturated rings. The summed E-state index contributed by atoms with van der Waals surface area (Å²) in [6.45, 7) is 2.11. The largest absolute Gasteiger partial charge is 0.497 e. The second-order valence-corrected chi connectivity index (χ2v) is 5.34. The highest BCUT2D eigenvalue weighted by molar-refractivity contribution is 5.51. The minimum atomic E-state index is 0.368. The molecule has 0 bridgehead atoms. The van der Waals surface area contributed by atoms with Crippen LogP contribution in [0.2, 0.25) is 0 Å². The van der Waals surface area contributed by atoms with Gasteiger partial charge in [0.2, 0.25) is 0 Å². The van der Waals surface area contributed by atoms with E-state index >= 15 is 0 Å². The van der Waals surface area contributed by atoms with Crippen LogP contribution in [0.1, 0.15) is 35.6 Å². The number of hydrogen-bond donors (Lipinski definition) is 1. The molecular weight excluding hydrogens is 248 g/mol. The Balaban J connectivity index is 1.88. The molecule has 1 N–H and O–H groups in total. The smallest absolute Gasteiger partial charge is 0.119 e. The number of methoxy groups -OCH3 is 1. The summed E-state index contributed by atoms with van der Waals surface area (Å²) in [4.78, 5) is 4.21. The summed E-state index contributed by atoms with van der Waals surface area (Å²) < 4.78 is 5.32. The monoisotopic (exact) mass is 268 g/mol. The van der Waals surface area contributed by atoms with Gasteiger partial charge in [-0.05, 0) is 61.1 Å². The molecule has 1 heterocycles. The first-order valence-corrected chi connectivity index (χ1v) is 7.12. The van der Waals surface area contributed by atoms with Gasteiger partial charge in [-0.15, -0.1) is 0 Å². The van der Waals surface area contributed by atoms with Gasteiger partial charge in [-0.25, -0.2) is 0 Å². The quantitative estimate of drug-likeness (QED) is 0.917. The third kappa shape index (κ3) is 2.48. The predicted molar refractivity (Wildman–Crippen MR) is 81.3 cm³/mol. The molecular formula is C17H20N2O. The lowest BCUT2D eigenvalue weighted by Crippen LogP contribution is -2.18. The maximum atomic E-state index is 5.32. The van der Waals surface area contributed by atoms with E-state index in [1.807, 2.05) is 18.5 Å². The standard InChI is InChI=1S/C17H20N2O/c1-12-8-9-18-11-17(12)19-16-5-3-4-13-10-14(20-2)6-7-15(13)16/h6-11,16,19H,3-5H2,1-2H3. The number of nitrogens with zero attached hydrogens (tertiary/aromatic N) is 1. The molecule has 1 atom stereocenters. The second-order valence-electron chi connectivity index (χ2n) is 5.34. The van der Waals surface area contributed by atoms with Gasteiger partial charge in [-0.3, -0.25) is 4.98 Å². The van der Waals surface area contributed by atoms with Crippen molar-refractivity contribution in [1.29, 1.82) is 0 Å². The molecule has 104 valence electrons. The fourth-order valence-corrected chi connectivity index (χ4v) is 2.87. The minimum Gasteiger partial charge on any atom is -0.497 e. The first-order chi connectivity index (χ1) is 9.78. The van der Waals surface area contributed by atoms with Gasteiger partial charge in [-0.2, -0.15) is 0 Å². The van der Waals surface area contributed by atoms with E-state index in [0.717, 1.165) is 24.3 Å². The highest BCUT2D eigenvalue weighted by Crippen LogP contribution is 2.34. The van der Waals surface area contributed by atoms with Crippen molar-refractivity contribution in [3.8, 4) is 5.75 Å². The van der Waals surface area contributed by atoms with Crippen molar-refractivity contribution in [3.63, 3.8) is 0 Å². The molecule has 1 aliphatic carbocycles. The third-order valence-corrected chi connectivity index (χ3v) is 4.03. The summed E-state index contributed by atoms with van der Waals surface area (Å²) in [5.41, 5.74) is 5.15. The van der Waals surface area contributed by atoms with E-state index in [-0.39, 0.29) is 0 Å². The normalized spacial score (nSPS) is 17.4. The highest BCUT2D eigenvalue weighted by Gasteiger charge is 2.20. The Hall–Kier alpha value is -2.03. The zero-order valence-electron chi connectivity index (χ0n) is 12.0. The average Bonchev–Trinajstić information content (AvgIpc) is 2.49. The molecule has 0 amide bonds. The van der Waals surface area contributed by atoms with E-state index in [0.29, 0.717) is 6.04 Å². The first-order valence-electron chi connectivity index (χ1n) is 7.12. The van der Waals surface area contributed by atoms with Crippen molar-refractivity contribution in [3.05, 3.63) is 53.3 Å². The number of aromatic nitrogens is 1. The zero-order chi connectivity index (χ0) is 13.9. The predicted octanol–water partition coefficient (Wildman–Crippen LogP) is 3.89. The van der Waals surface area contributed by atoms with E-state index in [9.17, 15) is 0 Å². The first kappa shape index (κ1) is 13.0. The molecule has 1 unspecified atom stereocenters. The number of nitrogens with one attached hydrogen (secondary N) is 1. The summed E-state index contributed by atoms with van der Waals surface area (Å²) in [7, 11) is 1.72. The van der Waals surface area contributed by atoms with Gasteiger partial charge in [0, 0.05) is 6.20 Å². The Bertz CT molecular complexity index is 610. The maximum Gasteiger partial charge on any atom is 0.119 e. The molecule has 3 heteroatoms. The number of benzene rings is 1. The Morgan fingerprint density at radius 1 is 1.30 bits per heavy atom. The van der Waals surface area contributed by atoms with E-state index in [1.165, 1.54) is 23.1 Å². The fourth-order valence-electron chi connectivity index (χ4n) is 2.87. The van der Waals surface area contributed by atoms with Gasteiger partial charge >= 0.3 is 0 Å². The van der Waals surface area contributed by atoms with Crippen LogP contribution in [-0.2, 0) is 6.42 Å². The lowest BCUT2D eigenvalue weighted by molar-refractivity contribution is 0.413. The number of rotatable bonds is 3. The Morgan fingerprint density at radius 2 is 2.20 bits per heavy atom. The molecule has 0 spiro atoms. The summed E-state index contributed by atoms with van der Waals surface area (Å²) >= 11 is 0. The molecule has 1 aromatic heterocycles. The Kier molecular flexibility index (Phi) is 3.59. The van der Waals surface area contributed by atoms with Gasteiger partial charge in [0.1, 0.15) is 5.75 Å². The maximum absolute atomic E-state index is 5.32. The van der Waals surface area contributed by atoms with Crippen molar-refractivity contribution in [1.82, 2.24) is 4.98 Å². The summed E-state index contributed by atoms with van der Waals surface area (Å²) in [5.74, 6) is 0.946. The van der Waals surface area contributed by atoms with Crippen molar-refractivity contribution in [2.24, 2.45) is 0 Å². The second kappa shape index (κ2) is 5.53. The van der Waals surface area contributed by atoms with Gasteiger partial charge in [0.25, 0.3) is 0 Å². The average molecular weight is 268 g/mol. The van der Waals surface area contributed by atoms with Crippen molar-refractivity contribution in [2.45, 2.75) is 32.2 Å². The van der Waals surface area contributed by atoms with Crippen molar-refractivity contribution >= 4 is 5.69 Å². The van der Waals surface area contributed by atoms with Crippen LogP contribution in [0.15, 0.2) is 36.7 Å². The van der Waals surface area contributed by atoms with Gasteiger partial charge < -0.3 is 10.1 Å². The Morgan fingerprint density at radius 3 is 3.00 bits per heavy atom. The van der Waals surface area contributed by atoms with Crippen LogP contribution in [0.3, 0.4) is 0 Å². The molecule has 0 radical (unpaired) electrons. The van der Waals surface area contributed by atoms with E-state index < -0.39 is 0 Å². The van der Waals surface area contributed by atoms with E-state index in [1.54, 1.807) is 7.11 Å². The zero-order valence-corrected chi connectivity index (χ0v) is 12.0. The van der Waals surface area contributed by atoms with E-state index in [2.05, 4.69) is 35.4 Å². The highest BCUT2D eigenvalue weighted by atomic mass is 16.5. The number of anilines is 1. The van der Waals surface area contributed by atoms with Gasteiger partial charge in [0.15, 0.2) is 0 Å². The van der Waals surface area contributed by atoms with Crippen LogP contribution >= 0.6 is 0 Å². The van der Waals surface area contributed by atoms with Crippen molar-refractivity contribution < 1.29 is 4.74 Å². The number of aryl methyl sites for hydroxylation is 2. The van der Waals surface area contributed by atoms with Crippen LogP contribution in [0.5, 0.6) is 5.75 Å². The van der Waals surface area contributed by atoms with Gasteiger partial charge in [0.05, 0.1) is 25.0 Å². The van der Waals surface area contributed by atoms with E-state index in [4.69, 9.17) is 4.74 Å². The van der Waals surface area contributed by atoms with Crippen LogP contribution in [0.25, 0.3) is 0 Å².